The van der Waals surface area contributed by atoms with Gasteiger partial charge in [0.05, 0.1) is 37.5 Å². The van der Waals surface area contributed by atoms with Gasteiger partial charge >= 0.3 is 0 Å². The number of amides is 1. The molecule has 27 heavy (non-hydrogen) atoms. The molecule has 4 nitrogen and oxygen atoms in total. The van der Waals surface area contributed by atoms with Crippen LogP contribution in [0.2, 0.25) is 10.0 Å². The zero-order chi connectivity index (χ0) is 18.8. The molecule has 0 bridgehead atoms. The van der Waals surface area contributed by atoms with Gasteiger partial charge in [0, 0.05) is 5.92 Å². The first-order valence-electron chi connectivity index (χ1n) is 8.92. The summed E-state index contributed by atoms with van der Waals surface area (Å²) in [6, 6.07) is 13.5. The number of aromatic nitrogens is 1. The van der Waals surface area contributed by atoms with Crippen molar-refractivity contribution >= 4 is 56.3 Å². The second-order valence-electron chi connectivity index (χ2n) is 6.72. The number of hydrogen-bond acceptors (Lipinski definition) is 4. The Kier molecular flexibility index (Phi) is 5.64. The minimum atomic E-state index is -0.0717. The lowest BCUT2D eigenvalue weighted by molar-refractivity contribution is -0.117. The topological polar surface area (TPSA) is 45.2 Å². The molecule has 140 valence electrons. The van der Waals surface area contributed by atoms with E-state index in [0.29, 0.717) is 28.2 Å². The molecule has 2 aromatic carbocycles. The van der Waals surface area contributed by atoms with E-state index >= 15 is 0 Å². The van der Waals surface area contributed by atoms with Gasteiger partial charge in [0.1, 0.15) is 0 Å². The first-order valence-corrected chi connectivity index (χ1v) is 10.5. The van der Waals surface area contributed by atoms with Crippen LogP contribution >= 0.6 is 34.5 Å². The number of nitrogens with one attached hydrogen (secondary N) is 1. The maximum atomic E-state index is 12.3. The second-order valence-corrected chi connectivity index (χ2v) is 8.57. The Morgan fingerprint density at radius 3 is 2.70 bits per heavy atom. The van der Waals surface area contributed by atoms with E-state index in [4.69, 9.17) is 28.2 Å². The summed E-state index contributed by atoms with van der Waals surface area (Å²) in [4.78, 5) is 19.3. The number of hydrogen-bond donors (Lipinski definition) is 1. The van der Waals surface area contributed by atoms with Gasteiger partial charge in [-0.15, -0.1) is 11.3 Å². The van der Waals surface area contributed by atoms with E-state index in [2.05, 4.69) is 28.4 Å². The number of fused-ring (bicyclic) bond motifs is 1. The molecule has 1 amide bonds. The van der Waals surface area contributed by atoms with E-state index in [1.807, 2.05) is 6.07 Å². The Morgan fingerprint density at radius 1 is 1.15 bits per heavy atom. The molecule has 2 heterocycles. The third kappa shape index (κ3) is 4.27. The van der Waals surface area contributed by atoms with Crippen molar-refractivity contribution in [1.29, 1.82) is 0 Å². The van der Waals surface area contributed by atoms with Gasteiger partial charge < -0.3 is 5.32 Å². The van der Waals surface area contributed by atoms with Crippen molar-refractivity contribution in [2.45, 2.75) is 18.8 Å². The molecule has 0 spiro atoms. The number of rotatable bonds is 4. The fourth-order valence-electron chi connectivity index (χ4n) is 3.40. The van der Waals surface area contributed by atoms with E-state index in [1.165, 1.54) is 9.71 Å². The molecule has 4 rings (SSSR count). The Bertz CT molecular complexity index is 934. The molecule has 0 radical (unpaired) electrons. The summed E-state index contributed by atoms with van der Waals surface area (Å²) in [5.41, 5.74) is 1.64. The van der Waals surface area contributed by atoms with Crippen molar-refractivity contribution in [3.8, 4) is 0 Å². The van der Waals surface area contributed by atoms with Crippen LogP contribution in [-0.2, 0) is 4.79 Å². The molecule has 0 saturated carbocycles. The van der Waals surface area contributed by atoms with E-state index < -0.39 is 0 Å². The molecule has 1 saturated heterocycles. The first kappa shape index (κ1) is 18.7. The SMILES string of the molecule is O=C(CN1CCC(c2nc3ccccc3s2)CC1)Nc1cccc(Cl)c1Cl. The van der Waals surface area contributed by atoms with E-state index in [1.54, 1.807) is 29.5 Å². The van der Waals surface area contributed by atoms with Crippen LogP contribution in [0, 0.1) is 0 Å². The van der Waals surface area contributed by atoms with Gasteiger partial charge in [0.25, 0.3) is 0 Å². The number of carbonyl (C=O) groups is 1. The van der Waals surface area contributed by atoms with E-state index in [-0.39, 0.29) is 5.91 Å². The highest BCUT2D eigenvalue weighted by molar-refractivity contribution is 7.18. The lowest BCUT2D eigenvalue weighted by atomic mass is 9.97. The van der Waals surface area contributed by atoms with Crippen molar-refractivity contribution in [2.24, 2.45) is 0 Å². The number of piperidine rings is 1. The van der Waals surface area contributed by atoms with Gasteiger partial charge in [-0.25, -0.2) is 4.98 Å². The summed E-state index contributed by atoms with van der Waals surface area (Å²) in [7, 11) is 0. The molecule has 7 heteroatoms. The van der Waals surface area contributed by atoms with E-state index in [9.17, 15) is 4.79 Å². The molecule has 1 aliphatic rings. The molecule has 0 atom stereocenters. The predicted molar refractivity (Wildman–Crippen MR) is 113 cm³/mol. The minimum Gasteiger partial charge on any atom is -0.324 e. The van der Waals surface area contributed by atoms with Gasteiger partial charge in [-0.2, -0.15) is 0 Å². The largest absolute Gasteiger partial charge is 0.324 e. The molecule has 1 aromatic heterocycles. The normalized spacial score (nSPS) is 15.9. The van der Waals surface area contributed by atoms with Crippen LogP contribution in [0.4, 0.5) is 5.69 Å². The van der Waals surface area contributed by atoms with Gasteiger partial charge in [0.15, 0.2) is 0 Å². The fourth-order valence-corrected chi connectivity index (χ4v) is 4.88. The molecule has 0 aliphatic carbocycles. The Labute approximate surface area is 172 Å². The van der Waals surface area contributed by atoms with Gasteiger partial charge in [-0.05, 0) is 50.2 Å². The van der Waals surface area contributed by atoms with Gasteiger partial charge in [0.2, 0.25) is 5.91 Å². The van der Waals surface area contributed by atoms with Crippen molar-refractivity contribution in [1.82, 2.24) is 9.88 Å². The summed E-state index contributed by atoms with van der Waals surface area (Å²) in [5, 5.41) is 4.88. The number of anilines is 1. The van der Waals surface area contributed by atoms with Crippen LogP contribution in [-0.4, -0.2) is 35.4 Å². The average Bonchev–Trinajstić information content (AvgIpc) is 3.10. The Hall–Kier alpha value is -1.66. The number of para-hydroxylation sites is 1. The Balaban J connectivity index is 1.32. The van der Waals surface area contributed by atoms with Crippen LogP contribution in [0.3, 0.4) is 0 Å². The highest BCUT2D eigenvalue weighted by atomic mass is 35.5. The quantitative estimate of drug-likeness (QED) is 0.613. The third-order valence-electron chi connectivity index (χ3n) is 4.84. The predicted octanol–water partition coefficient (Wildman–Crippen LogP) is 5.42. The maximum Gasteiger partial charge on any atom is 0.238 e. The zero-order valence-electron chi connectivity index (χ0n) is 14.6. The van der Waals surface area contributed by atoms with Crippen LogP contribution in [0.15, 0.2) is 42.5 Å². The van der Waals surface area contributed by atoms with Crippen LogP contribution < -0.4 is 5.32 Å². The summed E-state index contributed by atoms with van der Waals surface area (Å²) in [5.74, 6) is 0.404. The molecular formula is C20H19Cl2N3OS. The highest BCUT2D eigenvalue weighted by Gasteiger charge is 2.24. The Morgan fingerprint density at radius 2 is 1.93 bits per heavy atom. The lowest BCUT2D eigenvalue weighted by Crippen LogP contribution is -2.38. The second kappa shape index (κ2) is 8.15. The maximum absolute atomic E-state index is 12.3. The monoisotopic (exact) mass is 419 g/mol. The van der Waals surface area contributed by atoms with Crippen molar-refractivity contribution in [3.63, 3.8) is 0 Å². The standard InChI is InChI=1S/C20H19Cl2N3OS/c21-14-4-3-6-16(19(14)22)23-18(26)12-25-10-8-13(9-11-25)20-24-15-5-1-2-7-17(15)27-20/h1-7,13H,8-12H2,(H,23,26). The van der Waals surface area contributed by atoms with Gasteiger partial charge in [-0.3, -0.25) is 9.69 Å². The fraction of sp³-hybridized carbons (Fsp3) is 0.300. The number of halogens is 2. The molecule has 3 aromatic rings. The molecule has 1 N–H and O–H groups in total. The summed E-state index contributed by atoms with van der Waals surface area (Å²) >= 11 is 13.9. The third-order valence-corrected chi connectivity index (χ3v) is 6.86. The van der Waals surface area contributed by atoms with E-state index in [0.717, 1.165) is 31.4 Å². The average molecular weight is 420 g/mol. The lowest BCUT2D eigenvalue weighted by Gasteiger charge is -2.30. The summed E-state index contributed by atoms with van der Waals surface area (Å²) < 4.78 is 1.24. The molecule has 1 aliphatic heterocycles. The molecular weight excluding hydrogens is 401 g/mol. The van der Waals surface area contributed by atoms with Crippen LogP contribution in [0.25, 0.3) is 10.2 Å². The van der Waals surface area contributed by atoms with Crippen LogP contribution in [0.5, 0.6) is 0 Å². The van der Waals surface area contributed by atoms with Crippen molar-refractivity contribution < 1.29 is 4.79 Å². The summed E-state index contributed by atoms with van der Waals surface area (Å²) in [6.45, 7) is 2.13. The molecule has 1 fully saturated rings. The highest BCUT2D eigenvalue weighted by Crippen LogP contribution is 2.34. The molecule has 0 unspecified atom stereocenters. The van der Waals surface area contributed by atoms with Gasteiger partial charge in [-0.1, -0.05) is 41.4 Å². The van der Waals surface area contributed by atoms with Crippen LogP contribution in [0.1, 0.15) is 23.8 Å². The summed E-state index contributed by atoms with van der Waals surface area (Å²) in [6.07, 6.45) is 2.04. The number of benzene rings is 2. The van der Waals surface area contributed by atoms with Crippen molar-refractivity contribution in [2.75, 3.05) is 25.0 Å². The minimum absolute atomic E-state index is 0.0717. The van der Waals surface area contributed by atoms with Crippen molar-refractivity contribution in [3.05, 3.63) is 57.5 Å². The number of carbonyl (C=O) groups excluding carboxylic acids is 1. The number of thiazole rings is 1. The zero-order valence-corrected chi connectivity index (χ0v) is 16.9. The first-order chi connectivity index (χ1) is 13.1. The number of likely N-dealkylation sites (tertiary alicyclic amines) is 1. The smallest absolute Gasteiger partial charge is 0.238 e. The number of nitrogens with zero attached hydrogens (tertiary/aromatic N) is 2.